The van der Waals surface area contributed by atoms with E-state index in [4.69, 9.17) is 0 Å². The second-order valence-electron chi connectivity index (χ2n) is 2.88. The predicted molar refractivity (Wildman–Crippen MR) is 59.0 cm³/mol. The van der Waals surface area contributed by atoms with Crippen molar-refractivity contribution in [3.8, 4) is 0 Å². The highest BCUT2D eigenvalue weighted by molar-refractivity contribution is 9.11. The molecule has 0 atom stereocenters. The van der Waals surface area contributed by atoms with E-state index in [1.165, 1.54) is 17.0 Å². The van der Waals surface area contributed by atoms with Gasteiger partial charge in [0.1, 0.15) is 5.82 Å². The molecule has 0 radical (unpaired) electrons. The third kappa shape index (κ3) is 2.39. The zero-order chi connectivity index (χ0) is 9.97. The molecule has 1 aromatic carbocycles. The second kappa shape index (κ2) is 4.19. The van der Waals surface area contributed by atoms with E-state index in [-0.39, 0.29) is 5.82 Å². The average Bonchev–Trinajstić information content (AvgIpc) is 2.56. The SMILES string of the molecule is Fc1ccc(Cc2cnc(Br)s2)cc1. The molecule has 2 rings (SSSR count). The topological polar surface area (TPSA) is 12.9 Å². The van der Waals surface area contributed by atoms with E-state index >= 15 is 0 Å². The Morgan fingerprint density at radius 2 is 2.00 bits per heavy atom. The molecule has 0 saturated carbocycles. The molecule has 0 saturated heterocycles. The molecule has 0 aliphatic carbocycles. The van der Waals surface area contributed by atoms with Crippen LogP contribution in [0.2, 0.25) is 0 Å². The van der Waals surface area contributed by atoms with E-state index in [0.717, 1.165) is 15.9 Å². The maximum absolute atomic E-state index is 12.6. The second-order valence-corrected chi connectivity index (χ2v) is 5.27. The first-order valence-electron chi connectivity index (χ1n) is 4.09. The highest BCUT2D eigenvalue weighted by Gasteiger charge is 2.00. The van der Waals surface area contributed by atoms with Crippen LogP contribution in [0.4, 0.5) is 4.39 Å². The Morgan fingerprint density at radius 3 is 2.57 bits per heavy atom. The molecule has 72 valence electrons. The summed E-state index contributed by atoms with van der Waals surface area (Å²) >= 11 is 4.90. The third-order valence-electron chi connectivity index (χ3n) is 1.82. The summed E-state index contributed by atoms with van der Waals surface area (Å²) in [7, 11) is 0. The number of hydrogen-bond donors (Lipinski definition) is 0. The maximum atomic E-state index is 12.6. The van der Waals surface area contributed by atoms with Crippen molar-refractivity contribution in [1.29, 1.82) is 0 Å². The summed E-state index contributed by atoms with van der Waals surface area (Å²) < 4.78 is 13.5. The highest BCUT2D eigenvalue weighted by Crippen LogP contribution is 2.21. The molecule has 0 spiro atoms. The molecule has 14 heavy (non-hydrogen) atoms. The van der Waals surface area contributed by atoms with Crippen molar-refractivity contribution in [2.45, 2.75) is 6.42 Å². The monoisotopic (exact) mass is 271 g/mol. The van der Waals surface area contributed by atoms with Crippen LogP contribution in [0.15, 0.2) is 34.4 Å². The third-order valence-corrected chi connectivity index (χ3v) is 3.29. The van der Waals surface area contributed by atoms with Crippen molar-refractivity contribution in [3.05, 3.63) is 50.6 Å². The van der Waals surface area contributed by atoms with Crippen LogP contribution in [0.5, 0.6) is 0 Å². The Bertz CT molecular complexity index is 424. The molecule has 0 bridgehead atoms. The lowest BCUT2D eigenvalue weighted by molar-refractivity contribution is 0.627. The number of hydrogen-bond acceptors (Lipinski definition) is 2. The summed E-state index contributed by atoms with van der Waals surface area (Å²) in [5, 5.41) is 0. The summed E-state index contributed by atoms with van der Waals surface area (Å²) in [5.41, 5.74) is 1.10. The van der Waals surface area contributed by atoms with Crippen LogP contribution in [0.3, 0.4) is 0 Å². The Morgan fingerprint density at radius 1 is 1.29 bits per heavy atom. The Balaban J connectivity index is 2.15. The molecule has 0 fully saturated rings. The van der Waals surface area contributed by atoms with Gasteiger partial charge in [0.25, 0.3) is 0 Å². The van der Waals surface area contributed by atoms with Crippen LogP contribution in [0.1, 0.15) is 10.4 Å². The minimum absolute atomic E-state index is 0.195. The fourth-order valence-corrected chi connectivity index (χ4v) is 2.56. The van der Waals surface area contributed by atoms with Gasteiger partial charge in [-0.15, -0.1) is 11.3 Å². The van der Waals surface area contributed by atoms with Gasteiger partial charge in [-0.2, -0.15) is 0 Å². The molecule has 0 unspecified atom stereocenters. The van der Waals surface area contributed by atoms with Gasteiger partial charge in [-0.1, -0.05) is 12.1 Å². The van der Waals surface area contributed by atoms with Gasteiger partial charge in [0, 0.05) is 17.5 Å². The zero-order valence-corrected chi connectivity index (χ0v) is 9.61. The Kier molecular flexibility index (Phi) is 2.93. The van der Waals surface area contributed by atoms with Gasteiger partial charge in [0.2, 0.25) is 0 Å². The van der Waals surface area contributed by atoms with Crippen molar-refractivity contribution >= 4 is 27.3 Å². The summed E-state index contributed by atoms with van der Waals surface area (Å²) in [6, 6.07) is 6.54. The number of halogens is 2. The first kappa shape index (κ1) is 9.80. The zero-order valence-electron chi connectivity index (χ0n) is 7.21. The summed E-state index contributed by atoms with van der Waals surface area (Å²) in [6.07, 6.45) is 2.64. The Labute approximate surface area is 93.7 Å². The van der Waals surface area contributed by atoms with Gasteiger partial charge < -0.3 is 0 Å². The molecular formula is C10H7BrFNS. The van der Waals surface area contributed by atoms with Crippen molar-refractivity contribution in [3.63, 3.8) is 0 Å². The molecule has 2 aromatic rings. The molecule has 0 aliphatic rings. The Hall–Kier alpha value is -0.740. The molecule has 0 N–H and O–H groups in total. The standard InChI is InChI=1S/C10H7BrFNS/c11-10-13-6-9(14-10)5-7-1-3-8(12)4-2-7/h1-4,6H,5H2. The molecule has 1 nitrogen and oxygen atoms in total. The first-order valence-corrected chi connectivity index (χ1v) is 5.69. The molecule has 1 aromatic heterocycles. The van der Waals surface area contributed by atoms with Crippen LogP contribution in [-0.4, -0.2) is 4.98 Å². The minimum Gasteiger partial charge on any atom is -0.237 e. The van der Waals surface area contributed by atoms with Gasteiger partial charge in [0.15, 0.2) is 3.92 Å². The number of rotatable bonds is 2. The molecule has 4 heteroatoms. The highest BCUT2D eigenvalue weighted by atomic mass is 79.9. The number of benzene rings is 1. The average molecular weight is 272 g/mol. The lowest BCUT2D eigenvalue weighted by Gasteiger charge is -1.96. The quantitative estimate of drug-likeness (QED) is 0.813. The van der Waals surface area contributed by atoms with Crippen LogP contribution < -0.4 is 0 Å². The minimum atomic E-state index is -0.195. The first-order chi connectivity index (χ1) is 6.74. The van der Waals surface area contributed by atoms with Crippen molar-refractivity contribution in [2.75, 3.05) is 0 Å². The smallest absolute Gasteiger partial charge is 0.159 e. The van der Waals surface area contributed by atoms with E-state index in [0.29, 0.717) is 0 Å². The van der Waals surface area contributed by atoms with E-state index < -0.39 is 0 Å². The van der Waals surface area contributed by atoms with Crippen LogP contribution in [-0.2, 0) is 6.42 Å². The van der Waals surface area contributed by atoms with Gasteiger partial charge >= 0.3 is 0 Å². The fourth-order valence-electron chi connectivity index (χ4n) is 1.17. The van der Waals surface area contributed by atoms with Gasteiger partial charge in [0.05, 0.1) is 0 Å². The summed E-state index contributed by atoms with van der Waals surface area (Å²) in [5.74, 6) is -0.195. The number of aromatic nitrogens is 1. The largest absolute Gasteiger partial charge is 0.237 e. The van der Waals surface area contributed by atoms with Gasteiger partial charge in [-0.05, 0) is 33.6 Å². The maximum Gasteiger partial charge on any atom is 0.159 e. The summed E-state index contributed by atoms with van der Waals surface area (Å²) in [4.78, 5) is 5.26. The van der Waals surface area contributed by atoms with Crippen molar-refractivity contribution < 1.29 is 4.39 Å². The fraction of sp³-hybridized carbons (Fsp3) is 0.100. The number of nitrogens with zero attached hydrogens (tertiary/aromatic N) is 1. The van der Waals surface area contributed by atoms with Crippen LogP contribution >= 0.6 is 27.3 Å². The number of thiazole rings is 1. The van der Waals surface area contributed by atoms with Gasteiger partial charge in [-0.25, -0.2) is 9.37 Å². The van der Waals surface area contributed by atoms with E-state index in [2.05, 4.69) is 20.9 Å². The van der Waals surface area contributed by atoms with E-state index in [9.17, 15) is 4.39 Å². The van der Waals surface area contributed by atoms with Gasteiger partial charge in [-0.3, -0.25) is 0 Å². The van der Waals surface area contributed by atoms with Crippen molar-refractivity contribution in [1.82, 2.24) is 4.98 Å². The summed E-state index contributed by atoms with van der Waals surface area (Å²) in [6.45, 7) is 0. The molecule has 1 heterocycles. The van der Waals surface area contributed by atoms with E-state index in [1.54, 1.807) is 23.5 Å². The predicted octanol–water partition coefficient (Wildman–Crippen LogP) is 3.64. The van der Waals surface area contributed by atoms with Crippen molar-refractivity contribution in [2.24, 2.45) is 0 Å². The normalized spacial score (nSPS) is 10.4. The lowest BCUT2D eigenvalue weighted by atomic mass is 10.1. The van der Waals surface area contributed by atoms with Crippen LogP contribution in [0, 0.1) is 5.82 Å². The molecule has 0 amide bonds. The lowest BCUT2D eigenvalue weighted by Crippen LogP contribution is -1.84. The molecular weight excluding hydrogens is 265 g/mol. The van der Waals surface area contributed by atoms with Crippen LogP contribution in [0.25, 0.3) is 0 Å². The molecule has 0 aliphatic heterocycles. The van der Waals surface area contributed by atoms with E-state index in [1.807, 2.05) is 6.20 Å².